The van der Waals surface area contributed by atoms with Crippen molar-refractivity contribution in [2.24, 2.45) is 5.92 Å². The van der Waals surface area contributed by atoms with Gasteiger partial charge in [0.05, 0.1) is 12.3 Å². The summed E-state index contributed by atoms with van der Waals surface area (Å²) in [6.07, 6.45) is 1.10. The summed E-state index contributed by atoms with van der Waals surface area (Å²) < 4.78 is 5.74. The van der Waals surface area contributed by atoms with E-state index in [-0.39, 0.29) is 0 Å². The van der Waals surface area contributed by atoms with Gasteiger partial charge in [-0.2, -0.15) is 5.10 Å². The fourth-order valence-corrected chi connectivity index (χ4v) is 3.54. The van der Waals surface area contributed by atoms with E-state index in [0.29, 0.717) is 11.8 Å². The van der Waals surface area contributed by atoms with Gasteiger partial charge in [-0.05, 0) is 37.1 Å². The highest BCUT2D eigenvalue weighted by molar-refractivity contribution is 5.40. The Morgan fingerprint density at radius 2 is 2.00 bits per heavy atom. The zero-order valence-corrected chi connectivity index (χ0v) is 14.1. The molecule has 5 heteroatoms. The number of nitrogens with zero attached hydrogens (tertiary/aromatic N) is 3. The first kappa shape index (κ1) is 15.4. The molecular formula is C19H24N4O. The van der Waals surface area contributed by atoms with Gasteiger partial charge in [-0.15, -0.1) is 5.10 Å². The molecule has 3 heterocycles. The zero-order chi connectivity index (χ0) is 16.4. The van der Waals surface area contributed by atoms with Gasteiger partial charge in [0, 0.05) is 38.0 Å². The lowest BCUT2D eigenvalue weighted by Crippen LogP contribution is -2.51. The first-order valence-electron chi connectivity index (χ1n) is 8.77. The summed E-state index contributed by atoms with van der Waals surface area (Å²) >= 11 is 0. The van der Waals surface area contributed by atoms with Gasteiger partial charge < -0.3 is 15.0 Å². The molecule has 1 unspecified atom stereocenters. The van der Waals surface area contributed by atoms with Crippen LogP contribution in [0, 0.1) is 12.8 Å². The van der Waals surface area contributed by atoms with Gasteiger partial charge in [-0.25, -0.2) is 0 Å². The molecule has 1 saturated heterocycles. The van der Waals surface area contributed by atoms with Crippen molar-refractivity contribution in [1.29, 1.82) is 0 Å². The van der Waals surface area contributed by atoms with Crippen LogP contribution in [0.3, 0.4) is 0 Å². The number of para-hydroxylation sites is 1. The number of nitrogens with one attached hydrogen (secondary N) is 1. The smallest absolute Gasteiger partial charge is 0.151 e. The average molecular weight is 324 g/mol. The Bertz CT molecular complexity index is 682. The van der Waals surface area contributed by atoms with Crippen molar-refractivity contribution in [3.63, 3.8) is 0 Å². The second-order valence-corrected chi connectivity index (χ2v) is 6.83. The molecule has 0 spiro atoms. The number of benzene rings is 1. The van der Waals surface area contributed by atoms with Crippen molar-refractivity contribution in [2.75, 3.05) is 37.7 Å². The molecule has 0 aliphatic carbocycles. The Morgan fingerprint density at radius 3 is 2.83 bits per heavy atom. The van der Waals surface area contributed by atoms with Crippen molar-refractivity contribution in [2.45, 2.75) is 19.3 Å². The standard InChI is InChI=1S/C19H24N4O/c1-14-6-7-19(22-21-14)23-12-15(13-23)10-20-11-16-8-9-24-18-5-3-2-4-17(16)18/h2-7,15-16,20H,8-13H2,1H3. The third kappa shape index (κ3) is 3.22. The van der Waals surface area contributed by atoms with Crippen molar-refractivity contribution in [3.05, 3.63) is 47.7 Å². The van der Waals surface area contributed by atoms with Gasteiger partial charge >= 0.3 is 0 Å². The molecule has 24 heavy (non-hydrogen) atoms. The van der Waals surface area contributed by atoms with Crippen molar-refractivity contribution < 1.29 is 4.74 Å². The Hall–Kier alpha value is -2.14. The predicted molar refractivity (Wildman–Crippen MR) is 94.6 cm³/mol. The molecule has 0 saturated carbocycles. The molecule has 1 aromatic carbocycles. The summed E-state index contributed by atoms with van der Waals surface area (Å²) in [5.74, 6) is 3.32. The van der Waals surface area contributed by atoms with Crippen LogP contribution in [-0.2, 0) is 0 Å². The van der Waals surface area contributed by atoms with Gasteiger partial charge in [-0.1, -0.05) is 18.2 Å². The summed E-state index contributed by atoms with van der Waals surface area (Å²) in [5, 5.41) is 12.0. The number of hydrogen-bond donors (Lipinski definition) is 1. The van der Waals surface area contributed by atoms with Crippen LogP contribution in [0.5, 0.6) is 5.75 Å². The summed E-state index contributed by atoms with van der Waals surface area (Å²) in [6, 6.07) is 12.5. The van der Waals surface area contributed by atoms with E-state index >= 15 is 0 Å². The van der Waals surface area contributed by atoms with Crippen molar-refractivity contribution >= 4 is 5.82 Å². The Balaban J connectivity index is 1.23. The summed E-state index contributed by atoms with van der Waals surface area (Å²) in [5.41, 5.74) is 2.32. The first-order valence-corrected chi connectivity index (χ1v) is 8.77. The molecular weight excluding hydrogens is 300 g/mol. The monoisotopic (exact) mass is 324 g/mol. The largest absolute Gasteiger partial charge is 0.493 e. The van der Waals surface area contributed by atoms with Crippen molar-refractivity contribution in [3.8, 4) is 5.75 Å². The molecule has 0 amide bonds. The normalized spacial score (nSPS) is 20.2. The fourth-order valence-electron chi connectivity index (χ4n) is 3.54. The highest BCUT2D eigenvalue weighted by Crippen LogP contribution is 2.32. The van der Waals surface area contributed by atoms with E-state index in [0.717, 1.165) is 56.5 Å². The minimum Gasteiger partial charge on any atom is -0.493 e. The number of aryl methyl sites for hydroxylation is 1. The van der Waals surface area contributed by atoms with Crippen LogP contribution in [0.15, 0.2) is 36.4 Å². The van der Waals surface area contributed by atoms with Gasteiger partial charge in [0.25, 0.3) is 0 Å². The van der Waals surface area contributed by atoms with E-state index in [4.69, 9.17) is 4.74 Å². The summed E-state index contributed by atoms with van der Waals surface area (Å²) in [6.45, 7) is 7.02. The summed E-state index contributed by atoms with van der Waals surface area (Å²) in [4.78, 5) is 2.29. The molecule has 2 aromatic rings. The first-order chi connectivity index (χ1) is 11.8. The average Bonchev–Trinajstić information content (AvgIpc) is 2.58. The molecule has 1 atom stereocenters. The number of ether oxygens (including phenoxy) is 1. The van der Waals surface area contributed by atoms with Gasteiger partial charge in [0.1, 0.15) is 5.75 Å². The lowest BCUT2D eigenvalue weighted by atomic mass is 9.92. The van der Waals surface area contributed by atoms with Crippen LogP contribution in [-0.4, -0.2) is 43.0 Å². The van der Waals surface area contributed by atoms with E-state index in [1.54, 1.807) is 0 Å². The Morgan fingerprint density at radius 1 is 1.12 bits per heavy atom. The number of aromatic nitrogens is 2. The van der Waals surface area contributed by atoms with E-state index in [9.17, 15) is 0 Å². The third-order valence-corrected chi connectivity index (χ3v) is 4.97. The maximum absolute atomic E-state index is 5.74. The highest BCUT2D eigenvalue weighted by atomic mass is 16.5. The van der Waals surface area contributed by atoms with Gasteiger partial charge in [0.2, 0.25) is 0 Å². The van der Waals surface area contributed by atoms with E-state index in [2.05, 4.69) is 44.7 Å². The second-order valence-electron chi connectivity index (χ2n) is 6.83. The molecule has 1 N–H and O–H groups in total. The minimum absolute atomic E-state index is 0.564. The maximum Gasteiger partial charge on any atom is 0.151 e. The predicted octanol–water partition coefficient (Wildman–Crippen LogP) is 2.38. The van der Waals surface area contributed by atoms with Gasteiger partial charge in [0.15, 0.2) is 5.82 Å². The van der Waals surface area contributed by atoms with Crippen LogP contribution in [0.2, 0.25) is 0 Å². The molecule has 1 fully saturated rings. The topological polar surface area (TPSA) is 50.3 Å². The fraction of sp³-hybridized carbons (Fsp3) is 0.474. The molecule has 0 radical (unpaired) electrons. The number of hydrogen-bond acceptors (Lipinski definition) is 5. The third-order valence-electron chi connectivity index (χ3n) is 4.97. The maximum atomic E-state index is 5.74. The van der Waals surface area contributed by atoms with E-state index in [1.807, 2.05) is 19.1 Å². The molecule has 5 nitrogen and oxygen atoms in total. The lowest BCUT2D eigenvalue weighted by molar-refractivity contribution is 0.262. The van der Waals surface area contributed by atoms with Gasteiger partial charge in [-0.3, -0.25) is 0 Å². The quantitative estimate of drug-likeness (QED) is 0.915. The minimum atomic E-state index is 0.564. The molecule has 0 bridgehead atoms. The zero-order valence-electron chi connectivity index (χ0n) is 14.1. The SMILES string of the molecule is Cc1ccc(N2CC(CNCC3CCOc4ccccc43)C2)nn1. The molecule has 4 rings (SSSR count). The number of anilines is 1. The highest BCUT2D eigenvalue weighted by Gasteiger charge is 2.28. The van der Waals surface area contributed by atoms with Crippen molar-refractivity contribution in [1.82, 2.24) is 15.5 Å². The van der Waals surface area contributed by atoms with E-state index in [1.165, 1.54) is 5.56 Å². The Kier molecular flexibility index (Phi) is 4.34. The van der Waals surface area contributed by atoms with Crippen LogP contribution < -0.4 is 15.0 Å². The second kappa shape index (κ2) is 6.77. The Labute approximate surface area is 143 Å². The van der Waals surface area contributed by atoms with Crippen LogP contribution in [0.4, 0.5) is 5.82 Å². The molecule has 2 aliphatic heterocycles. The molecule has 1 aromatic heterocycles. The van der Waals surface area contributed by atoms with E-state index < -0.39 is 0 Å². The number of fused-ring (bicyclic) bond motifs is 1. The number of rotatable bonds is 5. The van der Waals surface area contributed by atoms with Crippen LogP contribution in [0.25, 0.3) is 0 Å². The van der Waals surface area contributed by atoms with Crippen LogP contribution in [0.1, 0.15) is 23.6 Å². The summed E-state index contributed by atoms with van der Waals surface area (Å²) in [7, 11) is 0. The molecule has 2 aliphatic rings. The van der Waals surface area contributed by atoms with Crippen LogP contribution >= 0.6 is 0 Å². The molecule has 126 valence electrons. The lowest BCUT2D eigenvalue weighted by Gasteiger charge is -2.40.